The van der Waals surface area contributed by atoms with Crippen LogP contribution in [0.5, 0.6) is 0 Å². The smallest absolute Gasteiger partial charge is 0.374 e. The van der Waals surface area contributed by atoms with Crippen molar-refractivity contribution in [3.8, 4) is 0 Å². The number of rotatable bonds is 3. The van der Waals surface area contributed by atoms with Crippen LogP contribution in [0.15, 0.2) is 0 Å². The van der Waals surface area contributed by atoms with Crippen LogP contribution in [-0.4, -0.2) is 23.1 Å². The highest BCUT2D eigenvalue weighted by Crippen LogP contribution is 2.63. The zero-order chi connectivity index (χ0) is 18.1. The largest absolute Gasteiger partial charge is 0.426 e. The first-order valence-corrected chi connectivity index (χ1v) is 8.60. The molecule has 2 bridgehead atoms. The fourth-order valence-electron chi connectivity index (χ4n) is 5.39. The van der Waals surface area contributed by atoms with E-state index >= 15 is 0 Å². The van der Waals surface area contributed by atoms with Crippen molar-refractivity contribution >= 4 is 0 Å². The minimum atomic E-state index is -5.69. The number of fused-ring (bicyclic) bond motifs is 2. The second-order valence-corrected chi connectivity index (χ2v) is 8.95. The Kier molecular flexibility index (Phi) is 4.03. The van der Waals surface area contributed by atoms with Crippen LogP contribution in [0, 0.1) is 35.0 Å². The Labute approximate surface area is 137 Å². The summed E-state index contributed by atoms with van der Waals surface area (Å²) in [5.41, 5.74) is -4.33. The molecule has 0 amide bonds. The topological polar surface area (TPSA) is 20.2 Å². The van der Waals surface area contributed by atoms with E-state index in [0.29, 0.717) is 31.1 Å². The van der Waals surface area contributed by atoms with Gasteiger partial charge in [-0.2, -0.15) is 26.3 Å². The predicted octanol–water partition coefficient (Wildman–Crippen LogP) is 5.33. The highest BCUT2D eigenvalue weighted by molar-refractivity contribution is 5.05. The Bertz CT molecular complexity index is 480. The Morgan fingerprint density at radius 1 is 0.875 bits per heavy atom. The second-order valence-electron chi connectivity index (χ2n) is 8.95. The van der Waals surface area contributed by atoms with E-state index in [-0.39, 0.29) is 17.3 Å². The van der Waals surface area contributed by atoms with Crippen LogP contribution in [0.3, 0.4) is 0 Å². The summed E-state index contributed by atoms with van der Waals surface area (Å²) in [7, 11) is 0. The summed E-state index contributed by atoms with van der Waals surface area (Å²) in [4.78, 5) is 0. The monoisotopic (exact) mass is 358 g/mol. The van der Waals surface area contributed by atoms with Gasteiger partial charge in [0.1, 0.15) is 0 Å². The zero-order valence-electron chi connectivity index (χ0n) is 13.8. The lowest BCUT2D eigenvalue weighted by Gasteiger charge is -2.36. The molecule has 1 nitrogen and oxygen atoms in total. The van der Waals surface area contributed by atoms with Gasteiger partial charge < -0.3 is 5.11 Å². The molecular weight excluding hydrogens is 334 g/mol. The van der Waals surface area contributed by atoms with Gasteiger partial charge in [-0.3, -0.25) is 0 Å². The molecule has 0 spiro atoms. The summed E-state index contributed by atoms with van der Waals surface area (Å²) in [6.45, 7) is 4.33. The SMILES string of the molecule is CC1(C)CC1C1CC2CC(C1)C(CC(O)(C(F)(F)F)C(F)(F)F)C2. The lowest BCUT2D eigenvalue weighted by atomic mass is 9.74. The summed E-state index contributed by atoms with van der Waals surface area (Å²) in [5, 5.41) is 9.49. The first-order valence-electron chi connectivity index (χ1n) is 8.60. The normalized spacial score (nSPS) is 39.1. The van der Waals surface area contributed by atoms with Crippen molar-refractivity contribution in [2.75, 3.05) is 0 Å². The maximum absolute atomic E-state index is 12.9. The number of hydrogen-bond acceptors (Lipinski definition) is 1. The third kappa shape index (κ3) is 2.95. The number of hydrogen-bond donors (Lipinski definition) is 1. The van der Waals surface area contributed by atoms with Gasteiger partial charge in [-0.1, -0.05) is 13.8 Å². The minimum absolute atomic E-state index is 0.124. The van der Waals surface area contributed by atoms with Gasteiger partial charge in [0.05, 0.1) is 0 Å². The fraction of sp³-hybridized carbons (Fsp3) is 1.00. The molecule has 3 aliphatic rings. The summed E-state index contributed by atoms with van der Waals surface area (Å²) in [6, 6.07) is 0. The Hall–Kier alpha value is -0.460. The van der Waals surface area contributed by atoms with E-state index in [4.69, 9.17) is 0 Å². The van der Waals surface area contributed by atoms with Gasteiger partial charge in [-0.15, -0.1) is 0 Å². The van der Waals surface area contributed by atoms with Crippen LogP contribution in [0.25, 0.3) is 0 Å². The van der Waals surface area contributed by atoms with Crippen molar-refractivity contribution in [1.82, 2.24) is 0 Å². The average Bonchev–Trinajstić information content (AvgIpc) is 2.94. The maximum atomic E-state index is 12.9. The van der Waals surface area contributed by atoms with Gasteiger partial charge in [0.25, 0.3) is 5.60 Å². The van der Waals surface area contributed by atoms with Crippen molar-refractivity contribution in [3.05, 3.63) is 0 Å². The van der Waals surface area contributed by atoms with E-state index in [1.165, 1.54) is 0 Å². The third-order valence-electron chi connectivity index (χ3n) is 6.83. The van der Waals surface area contributed by atoms with E-state index < -0.39 is 30.3 Å². The molecule has 140 valence electrons. The molecule has 0 heterocycles. The molecule has 3 rings (SSSR count). The Morgan fingerprint density at radius 2 is 1.38 bits per heavy atom. The third-order valence-corrected chi connectivity index (χ3v) is 6.83. The molecule has 3 aliphatic carbocycles. The minimum Gasteiger partial charge on any atom is -0.374 e. The number of aliphatic hydroxyl groups is 1. The van der Waals surface area contributed by atoms with Gasteiger partial charge in [0, 0.05) is 0 Å². The molecule has 0 saturated heterocycles. The molecule has 0 aromatic carbocycles. The molecule has 0 aliphatic heterocycles. The van der Waals surface area contributed by atoms with Crippen LogP contribution in [0.1, 0.15) is 52.4 Å². The molecule has 5 unspecified atom stereocenters. The van der Waals surface area contributed by atoms with E-state index in [1.54, 1.807) is 0 Å². The van der Waals surface area contributed by atoms with E-state index in [0.717, 1.165) is 12.8 Å². The van der Waals surface area contributed by atoms with Crippen LogP contribution >= 0.6 is 0 Å². The lowest BCUT2D eigenvalue weighted by Crippen LogP contribution is -2.58. The summed E-state index contributed by atoms with van der Waals surface area (Å²) < 4.78 is 77.7. The molecule has 24 heavy (non-hydrogen) atoms. The van der Waals surface area contributed by atoms with Crippen molar-refractivity contribution in [3.63, 3.8) is 0 Å². The quantitative estimate of drug-likeness (QED) is 0.676. The van der Waals surface area contributed by atoms with Crippen LogP contribution in [-0.2, 0) is 0 Å². The van der Waals surface area contributed by atoms with E-state index in [1.807, 2.05) is 0 Å². The van der Waals surface area contributed by atoms with Crippen LogP contribution < -0.4 is 0 Å². The molecule has 3 saturated carbocycles. The summed E-state index contributed by atoms with van der Waals surface area (Å²) in [5.74, 6) is 0.349. The molecule has 7 heteroatoms. The van der Waals surface area contributed by atoms with E-state index in [2.05, 4.69) is 13.8 Å². The zero-order valence-corrected chi connectivity index (χ0v) is 13.8. The van der Waals surface area contributed by atoms with Crippen molar-refractivity contribution in [2.45, 2.75) is 70.3 Å². The lowest BCUT2D eigenvalue weighted by molar-refractivity contribution is -0.373. The molecule has 0 aromatic heterocycles. The summed E-state index contributed by atoms with van der Waals surface area (Å²) in [6.07, 6.45) is -8.83. The highest BCUT2D eigenvalue weighted by Gasteiger charge is 2.71. The van der Waals surface area contributed by atoms with Gasteiger partial charge in [-0.25, -0.2) is 0 Å². The molecule has 5 atom stereocenters. The number of halogens is 6. The molecule has 3 fully saturated rings. The highest BCUT2D eigenvalue weighted by atomic mass is 19.4. The number of alkyl halides is 6. The first-order chi connectivity index (χ1) is 10.7. The Balaban J connectivity index is 1.72. The standard InChI is InChI=1S/C17H24F6O/c1-14(2)8-13(14)11-4-9-3-10(6-11)12(5-9)7-15(24,16(18,19)20)17(21,22)23/h9-13,24H,3-8H2,1-2H3. The molecule has 1 N–H and O–H groups in total. The predicted molar refractivity (Wildman–Crippen MR) is 76.0 cm³/mol. The van der Waals surface area contributed by atoms with Crippen LogP contribution in [0.4, 0.5) is 26.3 Å². The maximum Gasteiger partial charge on any atom is 0.426 e. The summed E-state index contributed by atoms with van der Waals surface area (Å²) >= 11 is 0. The van der Waals surface area contributed by atoms with Crippen molar-refractivity contribution in [1.29, 1.82) is 0 Å². The van der Waals surface area contributed by atoms with Gasteiger partial charge in [0.2, 0.25) is 0 Å². The fourth-order valence-corrected chi connectivity index (χ4v) is 5.39. The average molecular weight is 358 g/mol. The van der Waals surface area contributed by atoms with Crippen molar-refractivity contribution in [2.24, 2.45) is 35.0 Å². The second kappa shape index (κ2) is 5.27. The van der Waals surface area contributed by atoms with Gasteiger partial charge in [0.15, 0.2) is 0 Å². The molecule has 0 aromatic rings. The molecule has 0 radical (unpaired) electrons. The van der Waals surface area contributed by atoms with Gasteiger partial charge >= 0.3 is 12.4 Å². The molecular formula is C17H24F6O. The van der Waals surface area contributed by atoms with Gasteiger partial charge in [-0.05, 0) is 73.5 Å². The van der Waals surface area contributed by atoms with Crippen LogP contribution in [0.2, 0.25) is 0 Å². The first kappa shape index (κ1) is 18.3. The Morgan fingerprint density at radius 3 is 1.83 bits per heavy atom. The van der Waals surface area contributed by atoms with E-state index in [9.17, 15) is 31.4 Å². The van der Waals surface area contributed by atoms with Crippen molar-refractivity contribution < 1.29 is 31.4 Å².